The van der Waals surface area contributed by atoms with E-state index in [4.69, 9.17) is 0 Å². The number of hydrogen-bond acceptors (Lipinski definition) is 6. The van der Waals surface area contributed by atoms with Crippen LogP contribution in [0.15, 0.2) is 46.7 Å². The number of benzene rings is 1. The van der Waals surface area contributed by atoms with E-state index in [1.165, 1.54) is 4.88 Å². The van der Waals surface area contributed by atoms with Gasteiger partial charge in [-0.1, -0.05) is 12.5 Å². The van der Waals surface area contributed by atoms with Gasteiger partial charge in [-0.3, -0.25) is 9.69 Å². The largest absolute Gasteiger partial charge is 0.325 e. The van der Waals surface area contributed by atoms with Gasteiger partial charge in [-0.05, 0) is 61.9 Å². The van der Waals surface area contributed by atoms with Gasteiger partial charge in [0.15, 0.2) is 0 Å². The lowest BCUT2D eigenvalue weighted by Gasteiger charge is -2.37. The molecule has 4 rings (SSSR count). The summed E-state index contributed by atoms with van der Waals surface area (Å²) in [4.78, 5) is 19.2. The Bertz CT molecular complexity index is 995. The lowest BCUT2D eigenvalue weighted by molar-refractivity contribution is -0.121. The topological polar surface area (TPSA) is 73.0 Å². The lowest BCUT2D eigenvalue weighted by atomic mass is 10.2. The zero-order valence-corrected chi connectivity index (χ0v) is 20.9. The van der Waals surface area contributed by atoms with Crippen molar-refractivity contribution in [3.05, 3.63) is 46.7 Å². The van der Waals surface area contributed by atoms with E-state index in [9.17, 15) is 13.2 Å². The second-order valence-corrected chi connectivity index (χ2v) is 11.8. The third kappa shape index (κ3) is 6.22. The van der Waals surface area contributed by atoms with Crippen LogP contribution < -0.4 is 5.32 Å². The number of rotatable bonds is 8. The molecule has 1 aromatic heterocycles. The van der Waals surface area contributed by atoms with Crippen molar-refractivity contribution in [1.82, 2.24) is 14.1 Å². The molecule has 2 saturated heterocycles. The third-order valence-electron chi connectivity index (χ3n) is 6.66. The zero-order valence-electron chi connectivity index (χ0n) is 19.3. The molecule has 0 aliphatic carbocycles. The highest BCUT2D eigenvalue weighted by atomic mass is 32.2. The van der Waals surface area contributed by atoms with Crippen molar-refractivity contribution in [1.29, 1.82) is 0 Å². The molecule has 1 unspecified atom stereocenters. The number of carbonyl (C=O) groups excluding carboxylic acids is 1. The number of nitrogens with one attached hydrogen (secondary N) is 1. The highest BCUT2D eigenvalue weighted by Crippen LogP contribution is 2.22. The van der Waals surface area contributed by atoms with Crippen molar-refractivity contribution in [2.45, 2.75) is 43.5 Å². The third-order valence-corrected chi connectivity index (χ3v) is 9.51. The highest BCUT2D eigenvalue weighted by molar-refractivity contribution is 7.89. The van der Waals surface area contributed by atoms with Crippen molar-refractivity contribution < 1.29 is 13.2 Å². The Morgan fingerprint density at radius 2 is 1.70 bits per heavy atom. The minimum absolute atomic E-state index is 0.0614. The van der Waals surface area contributed by atoms with Crippen molar-refractivity contribution >= 4 is 33.0 Å². The van der Waals surface area contributed by atoms with Gasteiger partial charge in [-0.2, -0.15) is 4.31 Å². The lowest BCUT2D eigenvalue weighted by Crippen LogP contribution is -2.53. The SMILES string of the molecule is CC(C(=O)Nc1ccc(S(=O)(=O)N2CCCCC2)cc1)N1CCN(CCc2cccs2)CC1. The predicted octanol–water partition coefficient (Wildman–Crippen LogP) is 3.11. The Morgan fingerprint density at radius 1 is 1.00 bits per heavy atom. The molecule has 1 aromatic carbocycles. The van der Waals surface area contributed by atoms with Gasteiger partial charge in [-0.15, -0.1) is 11.3 Å². The van der Waals surface area contributed by atoms with Crippen molar-refractivity contribution in [2.75, 3.05) is 51.1 Å². The summed E-state index contributed by atoms with van der Waals surface area (Å²) in [5.41, 5.74) is 0.624. The number of hydrogen-bond donors (Lipinski definition) is 1. The Hall–Kier alpha value is -1.78. The predicted molar refractivity (Wildman–Crippen MR) is 133 cm³/mol. The Kier molecular flexibility index (Phi) is 8.19. The number of sulfonamides is 1. The number of piperidine rings is 1. The van der Waals surface area contributed by atoms with Crippen LogP contribution in [0.25, 0.3) is 0 Å². The molecule has 0 radical (unpaired) electrons. The minimum Gasteiger partial charge on any atom is -0.325 e. The molecule has 1 atom stereocenters. The minimum atomic E-state index is -3.46. The van der Waals surface area contributed by atoms with Crippen molar-refractivity contribution in [2.24, 2.45) is 0 Å². The van der Waals surface area contributed by atoms with Crippen LogP contribution in [0.3, 0.4) is 0 Å². The van der Waals surface area contributed by atoms with Crippen LogP contribution in [0.2, 0.25) is 0 Å². The molecule has 0 spiro atoms. The fraction of sp³-hybridized carbons (Fsp3) is 0.542. The second-order valence-electron chi connectivity index (χ2n) is 8.86. The average molecular weight is 491 g/mol. The monoisotopic (exact) mass is 490 g/mol. The molecule has 2 aliphatic heterocycles. The summed E-state index contributed by atoms with van der Waals surface area (Å²) in [5, 5.41) is 5.07. The summed E-state index contributed by atoms with van der Waals surface area (Å²) >= 11 is 1.81. The quantitative estimate of drug-likeness (QED) is 0.616. The van der Waals surface area contributed by atoms with Crippen LogP contribution >= 0.6 is 11.3 Å². The Morgan fingerprint density at radius 3 is 2.33 bits per heavy atom. The van der Waals surface area contributed by atoms with Crippen molar-refractivity contribution in [3.63, 3.8) is 0 Å². The summed E-state index contributed by atoms with van der Waals surface area (Å²) in [6.45, 7) is 7.82. The van der Waals surface area contributed by atoms with E-state index in [-0.39, 0.29) is 16.8 Å². The first-order chi connectivity index (χ1) is 15.9. The van der Waals surface area contributed by atoms with Crippen LogP contribution in [0, 0.1) is 0 Å². The van der Waals surface area contributed by atoms with Gasteiger partial charge in [0.25, 0.3) is 0 Å². The second kappa shape index (κ2) is 11.1. The molecule has 3 heterocycles. The summed E-state index contributed by atoms with van der Waals surface area (Å²) in [7, 11) is -3.46. The summed E-state index contributed by atoms with van der Waals surface area (Å²) in [5.74, 6) is -0.0614. The first-order valence-electron chi connectivity index (χ1n) is 11.8. The number of anilines is 1. The van der Waals surface area contributed by atoms with Gasteiger partial charge in [0.2, 0.25) is 15.9 Å². The molecule has 2 fully saturated rings. The Labute approximate surface area is 201 Å². The van der Waals surface area contributed by atoms with Crippen LogP contribution in [0.5, 0.6) is 0 Å². The molecule has 33 heavy (non-hydrogen) atoms. The van der Waals surface area contributed by atoms with E-state index < -0.39 is 10.0 Å². The van der Waals surface area contributed by atoms with Gasteiger partial charge < -0.3 is 10.2 Å². The molecule has 180 valence electrons. The fourth-order valence-electron chi connectivity index (χ4n) is 4.47. The van der Waals surface area contributed by atoms with Gasteiger partial charge in [0.05, 0.1) is 10.9 Å². The van der Waals surface area contributed by atoms with Crippen LogP contribution in [-0.4, -0.2) is 80.3 Å². The number of thiophene rings is 1. The van der Waals surface area contributed by atoms with E-state index in [0.29, 0.717) is 18.8 Å². The molecule has 2 aromatic rings. The van der Waals surface area contributed by atoms with E-state index in [2.05, 4.69) is 32.6 Å². The zero-order chi connectivity index (χ0) is 23.3. The maximum Gasteiger partial charge on any atom is 0.243 e. The molecular weight excluding hydrogens is 456 g/mol. The molecular formula is C24H34N4O3S2. The van der Waals surface area contributed by atoms with E-state index >= 15 is 0 Å². The average Bonchev–Trinajstić information content (AvgIpc) is 3.37. The van der Waals surface area contributed by atoms with E-state index in [1.807, 2.05) is 6.92 Å². The Balaban J connectivity index is 1.25. The molecule has 9 heteroatoms. The maximum atomic E-state index is 12.8. The highest BCUT2D eigenvalue weighted by Gasteiger charge is 2.27. The van der Waals surface area contributed by atoms with E-state index in [0.717, 1.165) is 58.4 Å². The summed E-state index contributed by atoms with van der Waals surface area (Å²) in [6, 6.07) is 10.6. The molecule has 1 N–H and O–H groups in total. The number of carbonyl (C=O) groups is 1. The van der Waals surface area contributed by atoms with Crippen molar-refractivity contribution in [3.8, 4) is 0 Å². The molecule has 7 nitrogen and oxygen atoms in total. The first kappa shape index (κ1) is 24.3. The maximum absolute atomic E-state index is 12.8. The van der Waals surface area contributed by atoms with Crippen LogP contribution in [0.4, 0.5) is 5.69 Å². The molecule has 0 saturated carbocycles. The van der Waals surface area contributed by atoms with Crippen LogP contribution in [-0.2, 0) is 21.2 Å². The van der Waals surface area contributed by atoms with Gasteiger partial charge >= 0.3 is 0 Å². The molecule has 2 aliphatic rings. The fourth-order valence-corrected chi connectivity index (χ4v) is 6.69. The molecule has 1 amide bonds. The van der Waals surface area contributed by atoms with Gasteiger partial charge in [0.1, 0.15) is 0 Å². The summed E-state index contributed by atoms with van der Waals surface area (Å²) < 4.78 is 27.2. The van der Waals surface area contributed by atoms with Crippen LogP contribution in [0.1, 0.15) is 31.1 Å². The number of nitrogens with zero attached hydrogens (tertiary/aromatic N) is 3. The standard InChI is InChI=1S/C24H34N4O3S2/c1-20(27-17-15-26(16-18-27)14-11-22-6-5-19-32-22)24(29)25-21-7-9-23(10-8-21)33(30,31)28-12-3-2-4-13-28/h5-10,19-20H,2-4,11-18H2,1H3,(H,25,29). The number of piperazine rings is 1. The number of amides is 1. The van der Waals surface area contributed by atoms with Gasteiger partial charge in [-0.25, -0.2) is 8.42 Å². The normalized spacial score (nSPS) is 19.9. The smallest absolute Gasteiger partial charge is 0.243 e. The van der Waals surface area contributed by atoms with Gasteiger partial charge in [0, 0.05) is 56.4 Å². The first-order valence-corrected chi connectivity index (χ1v) is 14.2. The van der Waals surface area contributed by atoms with E-state index in [1.54, 1.807) is 39.9 Å². The molecule has 0 bridgehead atoms. The summed E-state index contributed by atoms with van der Waals surface area (Å²) in [6.07, 6.45) is 3.98.